The lowest BCUT2D eigenvalue weighted by Crippen LogP contribution is -2.38. The molecule has 0 bridgehead atoms. The van der Waals surface area contributed by atoms with Crippen LogP contribution in [0.15, 0.2) is 53.7 Å². The van der Waals surface area contributed by atoms with Gasteiger partial charge in [-0.3, -0.25) is 9.59 Å². The second-order valence-corrected chi connectivity index (χ2v) is 7.32. The number of carbonyl (C=O) groups is 2. The van der Waals surface area contributed by atoms with Crippen molar-refractivity contribution >= 4 is 23.3 Å². The van der Waals surface area contributed by atoms with E-state index in [4.69, 9.17) is 11.6 Å². The Hall–Kier alpha value is -2.53. The number of nitrogens with one attached hydrogen (secondary N) is 1. The van der Waals surface area contributed by atoms with Crippen molar-refractivity contribution in [3.8, 4) is 0 Å². The SMILES string of the molecule is O=C1CC(c2c(F)cccc2Cl)C2=C(CC(c3ccc(F)cc3)CC2=O)N1. The van der Waals surface area contributed by atoms with Crippen LogP contribution in [-0.2, 0) is 9.59 Å². The summed E-state index contributed by atoms with van der Waals surface area (Å²) in [5.41, 5.74) is 1.97. The molecule has 2 aromatic carbocycles. The number of rotatable bonds is 2. The minimum absolute atomic E-state index is 0.0214. The van der Waals surface area contributed by atoms with Gasteiger partial charge in [0, 0.05) is 40.6 Å². The molecule has 0 saturated carbocycles. The fourth-order valence-corrected chi connectivity index (χ4v) is 4.32. The lowest BCUT2D eigenvalue weighted by atomic mass is 9.73. The summed E-state index contributed by atoms with van der Waals surface area (Å²) in [5, 5.41) is 2.98. The Balaban J connectivity index is 1.75. The molecule has 0 fully saturated rings. The zero-order valence-electron chi connectivity index (χ0n) is 14.3. The van der Waals surface area contributed by atoms with Crippen LogP contribution in [0.25, 0.3) is 0 Å². The van der Waals surface area contributed by atoms with E-state index in [0.717, 1.165) is 5.56 Å². The van der Waals surface area contributed by atoms with E-state index < -0.39 is 11.7 Å². The molecule has 2 unspecified atom stereocenters. The van der Waals surface area contributed by atoms with Crippen LogP contribution in [0.4, 0.5) is 8.78 Å². The molecule has 0 aromatic heterocycles. The minimum atomic E-state index is -0.691. The van der Waals surface area contributed by atoms with Crippen LogP contribution in [0.5, 0.6) is 0 Å². The second-order valence-electron chi connectivity index (χ2n) is 6.91. The Kier molecular flexibility index (Phi) is 4.56. The monoisotopic (exact) mass is 387 g/mol. The highest BCUT2D eigenvalue weighted by molar-refractivity contribution is 6.31. The first-order valence-electron chi connectivity index (χ1n) is 8.69. The van der Waals surface area contributed by atoms with E-state index in [0.29, 0.717) is 17.7 Å². The van der Waals surface area contributed by atoms with Gasteiger partial charge in [-0.15, -0.1) is 0 Å². The molecule has 138 valence electrons. The van der Waals surface area contributed by atoms with Crippen LogP contribution in [-0.4, -0.2) is 11.7 Å². The summed E-state index contributed by atoms with van der Waals surface area (Å²) in [6, 6.07) is 10.3. The molecule has 6 heteroatoms. The van der Waals surface area contributed by atoms with Crippen molar-refractivity contribution in [2.45, 2.75) is 31.1 Å². The van der Waals surface area contributed by atoms with E-state index in [-0.39, 0.29) is 46.9 Å². The fourth-order valence-electron chi connectivity index (χ4n) is 4.02. The first-order chi connectivity index (χ1) is 12.9. The van der Waals surface area contributed by atoms with Crippen LogP contribution in [0.3, 0.4) is 0 Å². The molecule has 3 nitrogen and oxygen atoms in total. The van der Waals surface area contributed by atoms with Gasteiger partial charge in [0.05, 0.1) is 0 Å². The largest absolute Gasteiger partial charge is 0.329 e. The van der Waals surface area contributed by atoms with E-state index in [1.165, 1.54) is 24.3 Å². The summed E-state index contributed by atoms with van der Waals surface area (Å²) in [4.78, 5) is 25.2. The van der Waals surface area contributed by atoms with E-state index >= 15 is 0 Å². The second kappa shape index (κ2) is 6.89. The third-order valence-corrected chi connectivity index (χ3v) is 5.56. The zero-order valence-corrected chi connectivity index (χ0v) is 15.0. The Morgan fingerprint density at radius 3 is 2.41 bits per heavy atom. The van der Waals surface area contributed by atoms with Gasteiger partial charge in [-0.2, -0.15) is 0 Å². The maximum Gasteiger partial charge on any atom is 0.225 e. The standard InChI is InChI=1S/C21H16ClF2NO2/c22-15-2-1-3-16(24)20(15)14-10-19(27)25-17-8-12(9-18(26)21(14)17)11-4-6-13(23)7-5-11/h1-7,12,14H,8-10H2,(H,25,27). The van der Waals surface area contributed by atoms with E-state index in [1.54, 1.807) is 18.2 Å². The van der Waals surface area contributed by atoms with Crippen molar-refractivity contribution in [2.24, 2.45) is 0 Å². The van der Waals surface area contributed by atoms with Crippen molar-refractivity contribution in [2.75, 3.05) is 0 Å². The summed E-state index contributed by atoms with van der Waals surface area (Å²) < 4.78 is 27.6. The van der Waals surface area contributed by atoms with Gasteiger partial charge in [-0.1, -0.05) is 29.8 Å². The molecule has 1 aliphatic heterocycles. The van der Waals surface area contributed by atoms with Crippen LogP contribution in [0, 0.1) is 11.6 Å². The molecule has 0 radical (unpaired) electrons. The first kappa shape index (κ1) is 17.9. The van der Waals surface area contributed by atoms with Crippen molar-refractivity contribution in [3.63, 3.8) is 0 Å². The Morgan fingerprint density at radius 2 is 1.70 bits per heavy atom. The number of carbonyl (C=O) groups excluding carboxylic acids is 2. The average Bonchev–Trinajstić information content (AvgIpc) is 2.61. The molecular formula is C21H16ClF2NO2. The van der Waals surface area contributed by atoms with E-state index in [2.05, 4.69) is 5.32 Å². The number of Topliss-reactive ketones (excluding diaryl/α,β-unsaturated/α-hetero) is 1. The fraction of sp³-hybridized carbons (Fsp3) is 0.238. The Bertz CT molecular complexity index is 948. The zero-order chi connectivity index (χ0) is 19.1. The summed E-state index contributed by atoms with van der Waals surface area (Å²) in [5.74, 6) is -2.14. The topological polar surface area (TPSA) is 46.2 Å². The summed E-state index contributed by atoms with van der Waals surface area (Å²) in [7, 11) is 0. The molecule has 0 spiro atoms. The number of allylic oxidation sites excluding steroid dienone is 2. The molecule has 2 aliphatic rings. The van der Waals surface area contributed by atoms with E-state index in [1.807, 2.05) is 0 Å². The lowest BCUT2D eigenvalue weighted by Gasteiger charge is -2.34. The van der Waals surface area contributed by atoms with Gasteiger partial charge in [-0.05, 0) is 42.2 Å². The summed E-state index contributed by atoms with van der Waals surface area (Å²) >= 11 is 6.19. The number of amides is 1. The number of hydrogen-bond donors (Lipinski definition) is 1. The molecule has 2 atom stereocenters. The van der Waals surface area contributed by atoms with Gasteiger partial charge in [0.1, 0.15) is 11.6 Å². The van der Waals surface area contributed by atoms with Crippen LogP contribution in [0.1, 0.15) is 42.2 Å². The normalized spacial score (nSPS) is 22.5. The van der Waals surface area contributed by atoms with Gasteiger partial charge in [0.15, 0.2) is 5.78 Å². The third-order valence-electron chi connectivity index (χ3n) is 5.23. The predicted molar refractivity (Wildman–Crippen MR) is 97.3 cm³/mol. The Morgan fingerprint density at radius 1 is 0.963 bits per heavy atom. The summed E-state index contributed by atoms with van der Waals surface area (Å²) in [6.07, 6.45) is 0.635. The van der Waals surface area contributed by atoms with Crippen molar-refractivity contribution < 1.29 is 18.4 Å². The molecule has 27 heavy (non-hydrogen) atoms. The third kappa shape index (κ3) is 3.28. The Labute approximate surface area is 160 Å². The van der Waals surface area contributed by atoms with Gasteiger partial charge in [-0.25, -0.2) is 8.78 Å². The van der Waals surface area contributed by atoms with Crippen molar-refractivity contribution in [3.05, 3.63) is 81.5 Å². The highest BCUT2D eigenvalue weighted by Gasteiger charge is 2.39. The molecule has 1 N–H and O–H groups in total. The van der Waals surface area contributed by atoms with Gasteiger partial charge in [0.2, 0.25) is 5.91 Å². The van der Waals surface area contributed by atoms with Crippen LogP contribution >= 0.6 is 11.6 Å². The highest BCUT2D eigenvalue weighted by Crippen LogP contribution is 2.44. The quantitative estimate of drug-likeness (QED) is 0.817. The highest BCUT2D eigenvalue weighted by atomic mass is 35.5. The molecular weight excluding hydrogens is 372 g/mol. The number of halogens is 3. The molecule has 2 aromatic rings. The maximum absolute atomic E-state index is 14.4. The molecule has 1 aliphatic carbocycles. The van der Waals surface area contributed by atoms with Crippen molar-refractivity contribution in [1.82, 2.24) is 5.32 Å². The smallest absolute Gasteiger partial charge is 0.225 e. The van der Waals surface area contributed by atoms with Crippen LogP contribution < -0.4 is 5.32 Å². The van der Waals surface area contributed by atoms with Gasteiger partial charge >= 0.3 is 0 Å². The first-order valence-corrected chi connectivity index (χ1v) is 9.07. The van der Waals surface area contributed by atoms with Crippen LogP contribution in [0.2, 0.25) is 5.02 Å². The molecule has 0 saturated heterocycles. The molecule has 4 rings (SSSR count). The number of hydrogen-bond acceptors (Lipinski definition) is 2. The summed E-state index contributed by atoms with van der Waals surface area (Å²) in [6.45, 7) is 0. The minimum Gasteiger partial charge on any atom is -0.329 e. The number of ketones is 1. The maximum atomic E-state index is 14.4. The molecule has 1 amide bonds. The van der Waals surface area contributed by atoms with Crippen molar-refractivity contribution in [1.29, 1.82) is 0 Å². The lowest BCUT2D eigenvalue weighted by molar-refractivity contribution is -0.122. The number of benzene rings is 2. The van der Waals surface area contributed by atoms with E-state index in [9.17, 15) is 18.4 Å². The average molecular weight is 388 g/mol. The molecule has 1 heterocycles. The van der Waals surface area contributed by atoms with Gasteiger partial charge < -0.3 is 5.32 Å². The predicted octanol–water partition coefficient (Wildman–Crippen LogP) is 4.62. The van der Waals surface area contributed by atoms with Gasteiger partial charge in [0.25, 0.3) is 0 Å².